The third-order valence-electron chi connectivity index (χ3n) is 3.64. The normalized spacial score (nSPS) is 27.0. The van der Waals surface area contributed by atoms with Crippen molar-refractivity contribution in [2.45, 2.75) is 51.0 Å². The number of rotatable bonds is 4. The van der Waals surface area contributed by atoms with Gasteiger partial charge < -0.3 is 20.8 Å². The Morgan fingerprint density at radius 1 is 0.864 bits per heavy atom. The van der Waals surface area contributed by atoms with E-state index in [1.807, 2.05) is 27.7 Å². The average molecular weight is 310 g/mol. The van der Waals surface area contributed by atoms with Gasteiger partial charge in [-0.1, -0.05) is 0 Å². The SMILES string of the molecule is CC(C)(N=NC(C)(C)C1=NCC(O)CN1)C1=NCC(O)CN1. The predicted octanol–water partition coefficient (Wildman–Crippen LogP) is -0.279. The third kappa shape index (κ3) is 4.01. The van der Waals surface area contributed by atoms with Crippen LogP contribution in [0.3, 0.4) is 0 Å². The molecule has 0 aromatic carbocycles. The van der Waals surface area contributed by atoms with Crippen molar-refractivity contribution in [3.8, 4) is 0 Å². The Bertz CT molecular complexity index is 454. The Balaban J connectivity index is 2.09. The maximum atomic E-state index is 9.48. The molecule has 2 unspecified atom stereocenters. The standard InChI is InChI=1S/C14H26N6O2/c1-13(2,11-15-5-9(21)6-16-11)19-20-14(3,4)12-17-7-10(22)8-18-12/h9-10,21-22H,5-8H2,1-4H3,(H,15,16)(H,17,18). The molecular weight excluding hydrogens is 284 g/mol. The highest BCUT2D eigenvalue weighted by molar-refractivity contribution is 5.92. The van der Waals surface area contributed by atoms with Crippen molar-refractivity contribution in [2.75, 3.05) is 26.2 Å². The van der Waals surface area contributed by atoms with Crippen LogP contribution < -0.4 is 10.6 Å². The van der Waals surface area contributed by atoms with Gasteiger partial charge in [0.25, 0.3) is 0 Å². The largest absolute Gasteiger partial charge is 0.389 e. The van der Waals surface area contributed by atoms with Crippen molar-refractivity contribution in [3.63, 3.8) is 0 Å². The summed E-state index contributed by atoms with van der Waals surface area (Å²) in [5.41, 5.74) is -1.18. The number of hydrogen-bond donors (Lipinski definition) is 4. The number of amidine groups is 2. The molecule has 0 amide bonds. The number of azo groups is 1. The molecule has 0 saturated heterocycles. The van der Waals surface area contributed by atoms with Crippen LogP contribution in [0.25, 0.3) is 0 Å². The summed E-state index contributed by atoms with van der Waals surface area (Å²) in [5, 5.41) is 34.0. The van der Waals surface area contributed by atoms with Gasteiger partial charge in [-0.05, 0) is 27.7 Å². The number of aliphatic hydroxyl groups excluding tert-OH is 2. The van der Waals surface area contributed by atoms with Gasteiger partial charge in [-0.2, -0.15) is 10.2 Å². The van der Waals surface area contributed by atoms with Gasteiger partial charge in [0.1, 0.15) is 22.7 Å². The van der Waals surface area contributed by atoms with Crippen LogP contribution in [0.2, 0.25) is 0 Å². The molecule has 124 valence electrons. The molecule has 0 aromatic rings. The highest BCUT2D eigenvalue weighted by Gasteiger charge is 2.32. The van der Waals surface area contributed by atoms with Crippen molar-refractivity contribution in [3.05, 3.63) is 0 Å². The van der Waals surface area contributed by atoms with E-state index in [0.717, 1.165) is 11.7 Å². The summed E-state index contributed by atoms with van der Waals surface area (Å²) in [6.07, 6.45) is -0.889. The smallest absolute Gasteiger partial charge is 0.133 e. The Morgan fingerprint density at radius 3 is 1.50 bits per heavy atom. The Hall–Kier alpha value is -1.54. The molecule has 0 bridgehead atoms. The van der Waals surface area contributed by atoms with E-state index in [-0.39, 0.29) is 0 Å². The van der Waals surface area contributed by atoms with Crippen LogP contribution in [0.4, 0.5) is 0 Å². The summed E-state index contributed by atoms with van der Waals surface area (Å²) >= 11 is 0. The average Bonchev–Trinajstić information content (AvgIpc) is 2.46. The zero-order valence-corrected chi connectivity index (χ0v) is 13.7. The van der Waals surface area contributed by atoms with Crippen molar-refractivity contribution >= 4 is 11.7 Å². The lowest BCUT2D eigenvalue weighted by atomic mass is 10.0. The molecule has 2 heterocycles. The van der Waals surface area contributed by atoms with Crippen molar-refractivity contribution in [1.82, 2.24) is 10.6 Å². The van der Waals surface area contributed by atoms with Crippen LogP contribution in [0, 0.1) is 0 Å². The first-order chi connectivity index (χ1) is 10.2. The minimum absolute atomic E-state index is 0.386. The van der Waals surface area contributed by atoms with Gasteiger partial charge in [-0.25, -0.2) is 0 Å². The van der Waals surface area contributed by atoms with Gasteiger partial charge in [0.2, 0.25) is 0 Å². The lowest BCUT2D eigenvalue weighted by Gasteiger charge is -2.30. The topological polar surface area (TPSA) is 114 Å². The molecule has 0 fully saturated rings. The molecule has 0 aromatic heterocycles. The number of nitrogens with zero attached hydrogens (tertiary/aromatic N) is 4. The van der Waals surface area contributed by atoms with Gasteiger partial charge in [0.15, 0.2) is 0 Å². The van der Waals surface area contributed by atoms with E-state index in [0.29, 0.717) is 26.2 Å². The highest BCUT2D eigenvalue weighted by atomic mass is 16.3. The second-order valence-corrected chi connectivity index (χ2v) is 6.77. The van der Waals surface area contributed by atoms with Crippen LogP contribution >= 0.6 is 0 Å². The minimum atomic E-state index is -0.591. The van der Waals surface area contributed by atoms with Gasteiger partial charge in [-0.15, -0.1) is 0 Å². The zero-order valence-electron chi connectivity index (χ0n) is 13.7. The Labute approximate surface area is 130 Å². The first-order valence-corrected chi connectivity index (χ1v) is 7.58. The van der Waals surface area contributed by atoms with Gasteiger partial charge in [0, 0.05) is 13.1 Å². The Kier molecular flexibility index (Phi) is 4.81. The number of aliphatic imine (C=N–C) groups is 2. The molecule has 2 atom stereocenters. The van der Waals surface area contributed by atoms with E-state index in [2.05, 4.69) is 30.8 Å². The minimum Gasteiger partial charge on any atom is -0.389 e. The fourth-order valence-electron chi connectivity index (χ4n) is 2.23. The molecule has 8 nitrogen and oxygen atoms in total. The number of aliphatic hydroxyl groups is 2. The molecule has 4 N–H and O–H groups in total. The maximum Gasteiger partial charge on any atom is 0.133 e. The predicted molar refractivity (Wildman–Crippen MR) is 85.6 cm³/mol. The number of β-amino-alcohol motifs (C(OH)–C–C–N with tert-alkyl or cyclic N) is 2. The zero-order chi connectivity index (χ0) is 16.4. The molecule has 0 saturated carbocycles. The van der Waals surface area contributed by atoms with Crippen LogP contribution in [-0.4, -0.2) is 71.3 Å². The third-order valence-corrected chi connectivity index (χ3v) is 3.64. The fraction of sp³-hybridized carbons (Fsp3) is 0.857. The van der Waals surface area contributed by atoms with Crippen LogP contribution in [0.5, 0.6) is 0 Å². The summed E-state index contributed by atoms with van der Waals surface area (Å²) < 4.78 is 0. The van der Waals surface area contributed by atoms with E-state index in [1.54, 1.807) is 0 Å². The molecule has 0 radical (unpaired) electrons. The number of nitrogens with one attached hydrogen (secondary N) is 2. The Morgan fingerprint density at radius 2 is 1.23 bits per heavy atom. The summed E-state index contributed by atoms with van der Waals surface area (Å²) in [5.74, 6) is 1.46. The summed E-state index contributed by atoms with van der Waals surface area (Å²) in [4.78, 5) is 8.66. The lowest BCUT2D eigenvalue weighted by molar-refractivity contribution is 0.179. The molecule has 0 aliphatic carbocycles. The molecule has 22 heavy (non-hydrogen) atoms. The van der Waals surface area contributed by atoms with Crippen LogP contribution in [0.15, 0.2) is 20.2 Å². The van der Waals surface area contributed by atoms with E-state index in [1.165, 1.54) is 0 Å². The van der Waals surface area contributed by atoms with Gasteiger partial charge >= 0.3 is 0 Å². The monoisotopic (exact) mass is 310 g/mol. The first kappa shape index (κ1) is 16.8. The second-order valence-electron chi connectivity index (χ2n) is 6.77. The molecule has 2 aliphatic heterocycles. The van der Waals surface area contributed by atoms with Crippen molar-refractivity contribution < 1.29 is 10.2 Å². The lowest BCUT2D eigenvalue weighted by Crippen LogP contribution is -2.50. The summed E-state index contributed by atoms with van der Waals surface area (Å²) in [6.45, 7) is 9.44. The molecule has 8 heteroatoms. The van der Waals surface area contributed by atoms with Crippen LogP contribution in [-0.2, 0) is 0 Å². The van der Waals surface area contributed by atoms with Crippen LogP contribution in [0.1, 0.15) is 27.7 Å². The van der Waals surface area contributed by atoms with E-state index < -0.39 is 23.3 Å². The molecule has 0 spiro atoms. The number of hydrogen-bond acceptors (Lipinski definition) is 8. The van der Waals surface area contributed by atoms with Crippen molar-refractivity contribution in [1.29, 1.82) is 0 Å². The molecular formula is C14H26N6O2. The van der Waals surface area contributed by atoms with Crippen molar-refractivity contribution in [2.24, 2.45) is 20.2 Å². The van der Waals surface area contributed by atoms with Gasteiger partial charge in [-0.3, -0.25) is 9.98 Å². The first-order valence-electron chi connectivity index (χ1n) is 7.58. The van der Waals surface area contributed by atoms with Gasteiger partial charge in [0.05, 0.1) is 25.3 Å². The fourth-order valence-corrected chi connectivity index (χ4v) is 2.23. The van der Waals surface area contributed by atoms with E-state index in [9.17, 15) is 10.2 Å². The quantitative estimate of drug-likeness (QED) is 0.535. The maximum absolute atomic E-state index is 9.48. The van der Waals surface area contributed by atoms with E-state index in [4.69, 9.17) is 0 Å². The highest BCUT2D eigenvalue weighted by Crippen LogP contribution is 2.19. The molecule has 2 rings (SSSR count). The summed E-state index contributed by atoms with van der Waals surface area (Å²) in [6, 6.07) is 0. The second kappa shape index (κ2) is 6.29. The summed E-state index contributed by atoms with van der Waals surface area (Å²) in [7, 11) is 0. The molecule has 2 aliphatic rings. The van der Waals surface area contributed by atoms with E-state index >= 15 is 0 Å².